The van der Waals surface area contributed by atoms with Crippen molar-refractivity contribution in [1.82, 2.24) is 10.2 Å². The molecular formula is C15H16N2O4. The van der Waals surface area contributed by atoms with Crippen molar-refractivity contribution in [2.24, 2.45) is 0 Å². The van der Waals surface area contributed by atoms with E-state index in [9.17, 15) is 9.59 Å². The van der Waals surface area contributed by atoms with E-state index >= 15 is 0 Å². The quantitative estimate of drug-likeness (QED) is 0.869. The summed E-state index contributed by atoms with van der Waals surface area (Å²) in [5.41, 5.74) is 0.748. The fourth-order valence-electron chi connectivity index (χ4n) is 1.91. The minimum Gasteiger partial charge on any atom is -0.497 e. The molecule has 0 aliphatic heterocycles. The number of nitrogens with one attached hydrogen (secondary N) is 1. The SMILES string of the molecule is CCOC(=O)c1c(-c2ccc(OC)cc2)[nH]nc(C)c1=O. The van der Waals surface area contributed by atoms with E-state index in [4.69, 9.17) is 9.47 Å². The number of aromatic amines is 1. The lowest BCUT2D eigenvalue weighted by Crippen LogP contribution is -2.23. The Hall–Kier alpha value is -2.63. The molecule has 110 valence electrons. The molecule has 0 saturated carbocycles. The van der Waals surface area contributed by atoms with Crippen LogP contribution in [0.15, 0.2) is 29.1 Å². The summed E-state index contributed by atoms with van der Waals surface area (Å²) in [6.07, 6.45) is 0. The number of nitrogens with zero attached hydrogens (tertiary/aromatic N) is 1. The van der Waals surface area contributed by atoms with Gasteiger partial charge in [-0.3, -0.25) is 9.89 Å². The molecule has 1 heterocycles. The van der Waals surface area contributed by atoms with Crippen molar-refractivity contribution >= 4 is 5.97 Å². The number of aromatic nitrogens is 2. The number of hydrogen-bond donors (Lipinski definition) is 1. The van der Waals surface area contributed by atoms with Crippen LogP contribution in [0, 0.1) is 6.92 Å². The highest BCUT2D eigenvalue weighted by Crippen LogP contribution is 2.22. The number of carbonyl (C=O) groups excluding carboxylic acids is 1. The number of benzene rings is 1. The average molecular weight is 288 g/mol. The van der Waals surface area contributed by atoms with Crippen molar-refractivity contribution in [2.45, 2.75) is 13.8 Å². The van der Waals surface area contributed by atoms with Crippen molar-refractivity contribution in [3.8, 4) is 17.0 Å². The van der Waals surface area contributed by atoms with Crippen LogP contribution >= 0.6 is 0 Å². The summed E-state index contributed by atoms with van der Waals surface area (Å²) in [7, 11) is 1.56. The molecule has 1 N–H and O–H groups in total. The van der Waals surface area contributed by atoms with Gasteiger partial charge in [0, 0.05) is 5.56 Å². The molecule has 0 atom stereocenters. The van der Waals surface area contributed by atoms with Gasteiger partial charge in [0.15, 0.2) is 0 Å². The Balaban J connectivity index is 2.59. The van der Waals surface area contributed by atoms with Gasteiger partial charge in [-0.05, 0) is 38.1 Å². The molecule has 21 heavy (non-hydrogen) atoms. The summed E-state index contributed by atoms with van der Waals surface area (Å²) < 4.78 is 10.0. The molecule has 6 nitrogen and oxygen atoms in total. The zero-order chi connectivity index (χ0) is 15.4. The van der Waals surface area contributed by atoms with Crippen LogP contribution in [0.5, 0.6) is 5.75 Å². The number of H-pyrrole nitrogens is 1. The number of esters is 1. The normalized spacial score (nSPS) is 10.2. The maximum absolute atomic E-state index is 12.2. The Morgan fingerprint density at radius 2 is 1.95 bits per heavy atom. The van der Waals surface area contributed by atoms with Crippen molar-refractivity contribution in [3.05, 3.63) is 45.7 Å². The fraction of sp³-hybridized carbons (Fsp3) is 0.267. The van der Waals surface area contributed by atoms with Gasteiger partial charge in [-0.2, -0.15) is 5.10 Å². The van der Waals surface area contributed by atoms with Gasteiger partial charge >= 0.3 is 5.97 Å². The van der Waals surface area contributed by atoms with Crippen LogP contribution in [0.2, 0.25) is 0 Å². The Morgan fingerprint density at radius 3 is 2.52 bits per heavy atom. The summed E-state index contributed by atoms with van der Waals surface area (Å²) in [6, 6.07) is 6.96. The van der Waals surface area contributed by atoms with Crippen LogP contribution in [0.4, 0.5) is 0 Å². The van der Waals surface area contributed by atoms with Crippen LogP contribution in [-0.2, 0) is 4.74 Å². The highest BCUT2D eigenvalue weighted by atomic mass is 16.5. The van der Waals surface area contributed by atoms with Crippen molar-refractivity contribution < 1.29 is 14.3 Å². The molecule has 0 spiro atoms. The molecule has 0 aliphatic carbocycles. The fourth-order valence-corrected chi connectivity index (χ4v) is 1.91. The monoisotopic (exact) mass is 288 g/mol. The first-order valence-corrected chi connectivity index (χ1v) is 6.49. The number of ether oxygens (including phenoxy) is 2. The van der Waals surface area contributed by atoms with E-state index in [2.05, 4.69) is 10.2 Å². The van der Waals surface area contributed by atoms with Crippen LogP contribution in [0.1, 0.15) is 23.0 Å². The second-order valence-corrected chi connectivity index (χ2v) is 4.34. The van der Waals surface area contributed by atoms with Gasteiger partial charge in [0.1, 0.15) is 17.0 Å². The summed E-state index contributed by atoms with van der Waals surface area (Å²) in [5.74, 6) is 0.0221. The Labute approximate surface area is 121 Å². The zero-order valence-electron chi connectivity index (χ0n) is 12.1. The summed E-state index contributed by atoms with van der Waals surface area (Å²) in [6.45, 7) is 3.42. The smallest absolute Gasteiger partial charge is 0.344 e. The van der Waals surface area contributed by atoms with Gasteiger partial charge in [0.25, 0.3) is 0 Å². The van der Waals surface area contributed by atoms with Crippen LogP contribution < -0.4 is 10.2 Å². The highest BCUT2D eigenvalue weighted by molar-refractivity contribution is 5.96. The molecule has 1 aromatic heterocycles. The molecule has 0 radical (unpaired) electrons. The van der Waals surface area contributed by atoms with E-state index < -0.39 is 11.4 Å². The maximum atomic E-state index is 12.2. The van der Waals surface area contributed by atoms with Crippen LogP contribution in [0.3, 0.4) is 0 Å². The molecule has 1 aromatic carbocycles. The summed E-state index contributed by atoms with van der Waals surface area (Å²) >= 11 is 0. The molecule has 0 saturated heterocycles. The van der Waals surface area contributed by atoms with E-state index in [0.29, 0.717) is 17.0 Å². The molecule has 0 unspecified atom stereocenters. The number of carbonyl (C=O) groups is 1. The number of aryl methyl sites for hydroxylation is 1. The van der Waals surface area contributed by atoms with E-state index in [1.165, 1.54) is 0 Å². The van der Waals surface area contributed by atoms with Crippen molar-refractivity contribution in [2.75, 3.05) is 13.7 Å². The lowest BCUT2D eigenvalue weighted by Gasteiger charge is -2.09. The van der Waals surface area contributed by atoms with Gasteiger partial charge in [-0.1, -0.05) is 0 Å². The van der Waals surface area contributed by atoms with E-state index in [1.54, 1.807) is 45.2 Å². The minimum atomic E-state index is -0.657. The molecule has 6 heteroatoms. The average Bonchev–Trinajstić information content (AvgIpc) is 2.50. The molecular weight excluding hydrogens is 272 g/mol. The first-order valence-electron chi connectivity index (χ1n) is 6.49. The number of methoxy groups -OCH3 is 1. The standard InChI is InChI=1S/C15H16N2O4/c1-4-21-15(19)12-13(17-16-9(2)14(12)18)10-5-7-11(20-3)8-6-10/h5-8H,4H2,1-3H3,(H,17,18). The third-order valence-corrected chi connectivity index (χ3v) is 3.00. The molecule has 0 aliphatic rings. The lowest BCUT2D eigenvalue weighted by molar-refractivity contribution is 0.0525. The van der Waals surface area contributed by atoms with E-state index in [0.717, 1.165) is 0 Å². The maximum Gasteiger partial charge on any atom is 0.344 e. The second kappa shape index (κ2) is 6.21. The first kappa shape index (κ1) is 14.8. The Morgan fingerprint density at radius 1 is 1.29 bits per heavy atom. The van der Waals surface area contributed by atoms with Gasteiger partial charge in [0.2, 0.25) is 5.43 Å². The molecule has 0 amide bonds. The highest BCUT2D eigenvalue weighted by Gasteiger charge is 2.20. The Kier molecular flexibility index (Phi) is 4.37. The van der Waals surface area contributed by atoms with Gasteiger partial charge < -0.3 is 9.47 Å². The molecule has 2 rings (SSSR count). The molecule has 2 aromatic rings. The minimum absolute atomic E-state index is 0.0329. The van der Waals surface area contributed by atoms with Gasteiger partial charge in [-0.15, -0.1) is 0 Å². The second-order valence-electron chi connectivity index (χ2n) is 4.34. The van der Waals surface area contributed by atoms with Crippen molar-refractivity contribution in [3.63, 3.8) is 0 Å². The topological polar surface area (TPSA) is 81.3 Å². The summed E-state index contributed by atoms with van der Waals surface area (Å²) in [5, 5.41) is 6.67. The number of hydrogen-bond acceptors (Lipinski definition) is 5. The third kappa shape index (κ3) is 2.94. The zero-order valence-corrected chi connectivity index (χ0v) is 12.1. The van der Waals surface area contributed by atoms with Crippen LogP contribution in [-0.4, -0.2) is 29.9 Å². The molecule has 0 fully saturated rings. The number of rotatable bonds is 4. The van der Waals surface area contributed by atoms with Gasteiger partial charge in [-0.25, -0.2) is 4.79 Å². The van der Waals surface area contributed by atoms with E-state index in [-0.39, 0.29) is 17.9 Å². The predicted octanol–water partition coefficient (Wildman–Crippen LogP) is 1.93. The van der Waals surface area contributed by atoms with Crippen LogP contribution in [0.25, 0.3) is 11.3 Å². The largest absolute Gasteiger partial charge is 0.497 e. The lowest BCUT2D eigenvalue weighted by atomic mass is 10.1. The van der Waals surface area contributed by atoms with Crippen molar-refractivity contribution in [1.29, 1.82) is 0 Å². The predicted molar refractivity (Wildman–Crippen MR) is 77.5 cm³/mol. The first-order chi connectivity index (χ1) is 10.1. The Bertz CT molecular complexity index is 705. The third-order valence-electron chi connectivity index (χ3n) is 3.00. The van der Waals surface area contributed by atoms with E-state index in [1.807, 2.05) is 0 Å². The summed E-state index contributed by atoms with van der Waals surface area (Å²) in [4.78, 5) is 24.2. The van der Waals surface area contributed by atoms with Gasteiger partial charge in [0.05, 0.1) is 19.4 Å². The molecule has 0 bridgehead atoms.